The quantitative estimate of drug-likeness (QED) is 0.803. The Labute approximate surface area is 137 Å². The van der Waals surface area contributed by atoms with Crippen molar-refractivity contribution in [1.82, 2.24) is 4.90 Å². The number of carbonyl (C=O) groups excluding carboxylic acids is 2. The first-order valence-electron chi connectivity index (χ1n) is 7.32. The number of phenols is 1. The molecule has 0 saturated carbocycles. The fourth-order valence-corrected chi connectivity index (χ4v) is 3.44. The fourth-order valence-electron chi connectivity index (χ4n) is 2.32. The molecule has 1 atom stereocenters. The van der Waals surface area contributed by atoms with Crippen molar-refractivity contribution in [3.05, 3.63) is 24.3 Å². The highest BCUT2D eigenvalue weighted by Crippen LogP contribution is 2.28. The van der Waals surface area contributed by atoms with Gasteiger partial charge in [-0.2, -0.15) is 4.99 Å². The molecule has 122 valence electrons. The first-order chi connectivity index (χ1) is 11.1. The number of morpholine rings is 1. The molecular formula is C15H17N3O4S. The number of rotatable bonds is 3. The van der Waals surface area contributed by atoms with Crippen LogP contribution in [-0.2, 0) is 14.3 Å². The predicted octanol–water partition coefficient (Wildman–Crippen LogP) is 1.05. The minimum absolute atomic E-state index is 0.0711. The van der Waals surface area contributed by atoms with Crippen LogP contribution in [0.2, 0.25) is 0 Å². The predicted molar refractivity (Wildman–Crippen MR) is 87.6 cm³/mol. The van der Waals surface area contributed by atoms with Crippen LogP contribution in [0.1, 0.15) is 6.42 Å². The molecule has 8 heteroatoms. The van der Waals surface area contributed by atoms with Gasteiger partial charge < -0.3 is 20.1 Å². The average molecular weight is 335 g/mol. The molecule has 0 radical (unpaired) electrons. The molecule has 0 aromatic heterocycles. The number of ether oxygens (including phenoxy) is 1. The largest absolute Gasteiger partial charge is 0.508 e. The molecular weight excluding hydrogens is 318 g/mol. The average Bonchev–Trinajstić information content (AvgIpc) is 2.91. The smallest absolute Gasteiger partial charge is 0.262 e. The van der Waals surface area contributed by atoms with Gasteiger partial charge in [-0.15, -0.1) is 0 Å². The van der Waals surface area contributed by atoms with Gasteiger partial charge in [0.2, 0.25) is 5.91 Å². The number of thioether (sulfide) groups is 1. The molecule has 1 aromatic carbocycles. The summed E-state index contributed by atoms with van der Waals surface area (Å²) >= 11 is 1.34. The lowest BCUT2D eigenvalue weighted by Crippen LogP contribution is -2.39. The van der Waals surface area contributed by atoms with Crippen molar-refractivity contribution in [3.8, 4) is 5.75 Å². The molecule has 1 unspecified atom stereocenters. The number of nitrogens with one attached hydrogen (secondary N) is 1. The number of hydrogen-bond acceptors (Lipinski definition) is 6. The fraction of sp³-hybridized carbons (Fsp3) is 0.400. The summed E-state index contributed by atoms with van der Waals surface area (Å²) in [5.74, 6) is -0.384. The Bertz CT molecular complexity index is 626. The normalized spacial score (nSPS) is 21.2. The number of nitrogens with zero attached hydrogens (tertiary/aromatic N) is 2. The summed E-state index contributed by atoms with van der Waals surface area (Å²) in [7, 11) is 0. The lowest BCUT2D eigenvalue weighted by molar-refractivity contribution is -0.121. The Hall–Kier alpha value is -2.06. The lowest BCUT2D eigenvalue weighted by Gasteiger charge is -2.27. The maximum atomic E-state index is 12.1. The number of phenolic OH excluding ortho intramolecular Hbond substituents is 1. The van der Waals surface area contributed by atoms with E-state index >= 15 is 0 Å². The molecule has 1 saturated heterocycles. The number of amides is 2. The molecule has 3 rings (SSSR count). The van der Waals surface area contributed by atoms with Gasteiger partial charge in [0, 0.05) is 25.2 Å². The molecule has 1 fully saturated rings. The Morgan fingerprint density at radius 1 is 1.35 bits per heavy atom. The van der Waals surface area contributed by atoms with Crippen LogP contribution in [0.4, 0.5) is 5.69 Å². The number of aliphatic imine (C=N–C) groups is 1. The Balaban J connectivity index is 1.53. The van der Waals surface area contributed by atoms with Crippen LogP contribution in [-0.4, -0.2) is 58.5 Å². The number of benzene rings is 1. The number of amidine groups is 1. The number of anilines is 1. The SMILES string of the molecule is O=C(CC1SC(N2CCOCC2)=NC1=O)Nc1ccc(O)cc1. The maximum absolute atomic E-state index is 12.1. The van der Waals surface area contributed by atoms with Gasteiger partial charge >= 0.3 is 0 Å². The second kappa shape index (κ2) is 7.01. The van der Waals surface area contributed by atoms with Crippen LogP contribution < -0.4 is 5.32 Å². The monoisotopic (exact) mass is 335 g/mol. The Morgan fingerprint density at radius 2 is 2.04 bits per heavy atom. The zero-order valence-electron chi connectivity index (χ0n) is 12.4. The molecule has 23 heavy (non-hydrogen) atoms. The number of carbonyl (C=O) groups is 2. The van der Waals surface area contributed by atoms with Crippen molar-refractivity contribution >= 4 is 34.4 Å². The van der Waals surface area contributed by atoms with E-state index in [4.69, 9.17) is 4.74 Å². The van der Waals surface area contributed by atoms with E-state index in [0.29, 0.717) is 37.2 Å². The molecule has 2 amide bonds. The maximum Gasteiger partial charge on any atom is 0.262 e. The third-order valence-electron chi connectivity index (χ3n) is 3.53. The minimum Gasteiger partial charge on any atom is -0.508 e. The van der Waals surface area contributed by atoms with Gasteiger partial charge in [0.05, 0.1) is 13.2 Å². The van der Waals surface area contributed by atoms with E-state index in [2.05, 4.69) is 10.3 Å². The van der Waals surface area contributed by atoms with Gasteiger partial charge in [-0.05, 0) is 24.3 Å². The van der Waals surface area contributed by atoms with E-state index in [1.54, 1.807) is 12.1 Å². The highest BCUT2D eigenvalue weighted by atomic mass is 32.2. The molecule has 1 aromatic rings. The first kappa shape index (κ1) is 15.8. The third-order valence-corrected chi connectivity index (χ3v) is 4.75. The zero-order chi connectivity index (χ0) is 16.2. The summed E-state index contributed by atoms with van der Waals surface area (Å²) in [5.41, 5.74) is 0.581. The molecule has 0 aliphatic carbocycles. The van der Waals surface area contributed by atoms with Crippen molar-refractivity contribution in [1.29, 1.82) is 0 Å². The topological polar surface area (TPSA) is 91.2 Å². The highest BCUT2D eigenvalue weighted by Gasteiger charge is 2.33. The molecule has 0 bridgehead atoms. The molecule has 2 aliphatic rings. The summed E-state index contributed by atoms with van der Waals surface area (Å²) < 4.78 is 5.28. The van der Waals surface area contributed by atoms with Crippen molar-refractivity contribution in [2.75, 3.05) is 31.6 Å². The van der Waals surface area contributed by atoms with Gasteiger partial charge in [-0.3, -0.25) is 9.59 Å². The molecule has 2 heterocycles. The standard InChI is InChI=1S/C15H17N3O4S/c19-11-3-1-10(2-4-11)16-13(20)9-12-14(21)17-15(23-12)18-5-7-22-8-6-18/h1-4,12,19H,5-9H2,(H,16,20). The second-order valence-electron chi connectivity index (χ2n) is 5.24. The Kier molecular flexibility index (Phi) is 4.82. The van der Waals surface area contributed by atoms with Crippen molar-refractivity contribution < 1.29 is 19.4 Å². The molecule has 0 spiro atoms. The summed E-state index contributed by atoms with van der Waals surface area (Å²) in [6, 6.07) is 6.19. The summed E-state index contributed by atoms with van der Waals surface area (Å²) in [6.45, 7) is 2.68. The lowest BCUT2D eigenvalue weighted by atomic mass is 10.2. The zero-order valence-corrected chi connectivity index (χ0v) is 13.2. The van der Waals surface area contributed by atoms with Crippen LogP contribution in [0.25, 0.3) is 0 Å². The van der Waals surface area contributed by atoms with Crippen molar-refractivity contribution in [2.45, 2.75) is 11.7 Å². The summed E-state index contributed by atoms with van der Waals surface area (Å²) in [4.78, 5) is 30.1. The number of hydrogen-bond donors (Lipinski definition) is 2. The molecule has 2 aliphatic heterocycles. The van der Waals surface area contributed by atoms with Crippen LogP contribution in [0, 0.1) is 0 Å². The van der Waals surface area contributed by atoms with Crippen LogP contribution >= 0.6 is 11.8 Å². The van der Waals surface area contributed by atoms with Crippen molar-refractivity contribution in [2.24, 2.45) is 4.99 Å². The van der Waals surface area contributed by atoms with E-state index in [1.165, 1.54) is 23.9 Å². The third kappa shape index (κ3) is 4.02. The van der Waals surface area contributed by atoms with E-state index < -0.39 is 5.25 Å². The Morgan fingerprint density at radius 3 is 2.74 bits per heavy atom. The molecule has 2 N–H and O–H groups in total. The molecule has 7 nitrogen and oxygen atoms in total. The van der Waals surface area contributed by atoms with Crippen LogP contribution in [0.5, 0.6) is 5.75 Å². The van der Waals surface area contributed by atoms with E-state index in [-0.39, 0.29) is 24.0 Å². The van der Waals surface area contributed by atoms with Gasteiger partial charge in [0.15, 0.2) is 5.17 Å². The van der Waals surface area contributed by atoms with E-state index in [9.17, 15) is 14.7 Å². The van der Waals surface area contributed by atoms with E-state index in [1.807, 2.05) is 4.90 Å². The van der Waals surface area contributed by atoms with Gasteiger partial charge in [-0.1, -0.05) is 11.8 Å². The summed E-state index contributed by atoms with van der Waals surface area (Å²) in [5, 5.41) is 12.1. The van der Waals surface area contributed by atoms with Crippen LogP contribution in [0.3, 0.4) is 0 Å². The van der Waals surface area contributed by atoms with E-state index in [0.717, 1.165) is 0 Å². The minimum atomic E-state index is -0.482. The van der Waals surface area contributed by atoms with Gasteiger partial charge in [-0.25, -0.2) is 0 Å². The highest BCUT2D eigenvalue weighted by molar-refractivity contribution is 8.15. The van der Waals surface area contributed by atoms with Crippen molar-refractivity contribution in [3.63, 3.8) is 0 Å². The first-order valence-corrected chi connectivity index (χ1v) is 8.20. The number of aromatic hydroxyl groups is 1. The van der Waals surface area contributed by atoms with Gasteiger partial charge in [0.25, 0.3) is 5.91 Å². The second-order valence-corrected chi connectivity index (χ2v) is 6.41. The summed E-state index contributed by atoms with van der Waals surface area (Å²) in [6.07, 6.45) is 0.0711. The van der Waals surface area contributed by atoms with Crippen LogP contribution in [0.15, 0.2) is 29.3 Å². The van der Waals surface area contributed by atoms with Gasteiger partial charge in [0.1, 0.15) is 11.0 Å².